The molecule has 0 saturated carbocycles. The molecule has 7 heteroatoms. The molecule has 0 saturated heterocycles. The zero-order chi connectivity index (χ0) is 12.9. The zero-order valence-electron chi connectivity index (χ0n) is 9.69. The first-order valence-electron chi connectivity index (χ1n) is 5.42. The maximum absolute atomic E-state index is 9.70. The van der Waals surface area contributed by atoms with Crippen LogP contribution in [0.2, 0.25) is 0 Å². The lowest BCUT2D eigenvalue weighted by Crippen LogP contribution is -2.20. The fourth-order valence-electron chi connectivity index (χ4n) is 0.992. The van der Waals surface area contributed by atoms with Crippen molar-refractivity contribution in [3.05, 3.63) is 0 Å². The van der Waals surface area contributed by atoms with Gasteiger partial charge in [-0.15, -0.1) is 23.2 Å². The molecule has 0 rings (SSSR count). The molecule has 0 amide bonds. The Morgan fingerprint density at radius 3 is 2.06 bits per heavy atom. The first kappa shape index (κ1) is 18.6. The molecule has 0 aromatic heterocycles. The lowest BCUT2D eigenvalue weighted by atomic mass is 10.5. The molecule has 0 aliphatic carbocycles. The summed E-state index contributed by atoms with van der Waals surface area (Å²) >= 11 is 16.2. The monoisotopic (exact) mass is 338 g/mol. The van der Waals surface area contributed by atoms with Gasteiger partial charge in [0.15, 0.2) is 0 Å². The van der Waals surface area contributed by atoms with Crippen molar-refractivity contribution in [2.75, 3.05) is 47.1 Å². The number of hydrogen-bond donors (Lipinski definition) is 2. The van der Waals surface area contributed by atoms with Gasteiger partial charge in [-0.1, -0.05) is 0 Å². The van der Waals surface area contributed by atoms with Crippen LogP contribution in [0.15, 0.2) is 0 Å². The van der Waals surface area contributed by atoms with E-state index in [2.05, 4.69) is 0 Å². The van der Waals surface area contributed by atoms with Crippen molar-refractivity contribution < 1.29 is 10.2 Å². The van der Waals surface area contributed by atoms with Crippen molar-refractivity contribution in [1.82, 2.24) is 0 Å². The molecule has 0 radical (unpaired) electrons. The van der Waals surface area contributed by atoms with Crippen molar-refractivity contribution in [2.45, 2.75) is 11.4 Å². The topological polar surface area (TPSA) is 40.5 Å². The summed E-state index contributed by atoms with van der Waals surface area (Å²) in [4.78, 5) is 0. The highest BCUT2D eigenvalue weighted by molar-refractivity contribution is 8.03. The summed E-state index contributed by atoms with van der Waals surface area (Å²) < 4.78 is 0. The van der Waals surface area contributed by atoms with E-state index in [-0.39, 0.29) is 18.0 Å². The maximum Gasteiger partial charge on any atom is 0.0721 e. The number of alkyl halides is 2. The van der Waals surface area contributed by atoms with Gasteiger partial charge in [0.1, 0.15) is 0 Å². The number of thioether (sulfide) groups is 3. The third-order valence-electron chi connectivity index (χ3n) is 1.78. The lowest BCUT2D eigenvalue weighted by molar-refractivity contribution is 0.224. The largest absolute Gasteiger partial charge is 0.395 e. The fourth-order valence-corrected chi connectivity index (χ4v) is 4.50. The standard InChI is InChI=1S/C10H20Cl2O2S3/c11-1-3-15-6-9(14)7-17-10(5-13)8-16-4-2-12/h9-10,13-14H,1-8H2. The number of rotatable bonds is 12. The summed E-state index contributed by atoms with van der Waals surface area (Å²) in [6.45, 7) is 0.154. The molecule has 0 fully saturated rings. The third kappa shape index (κ3) is 12.3. The molecule has 17 heavy (non-hydrogen) atoms. The Morgan fingerprint density at radius 2 is 1.53 bits per heavy atom. The van der Waals surface area contributed by atoms with Gasteiger partial charge in [-0.25, -0.2) is 0 Å². The molecule has 0 spiro atoms. The van der Waals surface area contributed by atoms with Crippen LogP contribution in [0, 0.1) is 0 Å². The highest BCUT2D eigenvalue weighted by Crippen LogP contribution is 2.18. The van der Waals surface area contributed by atoms with Crippen LogP contribution in [-0.4, -0.2) is 68.7 Å². The number of aliphatic hydroxyl groups excluding tert-OH is 2. The smallest absolute Gasteiger partial charge is 0.0721 e. The highest BCUT2D eigenvalue weighted by atomic mass is 35.5. The molecule has 0 aliphatic rings. The van der Waals surface area contributed by atoms with Gasteiger partial charge in [0.25, 0.3) is 0 Å². The van der Waals surface area contributed by atoms with Gasteiger partial charge in [-0.05, 0) is 0 Å². The Morgan fingerprint density at radius 1 is 0.941 bits per heavy atom. The number of halogens is 2. The van der Waals surface area contributed by atoms with E-state index in [4.69, 9.17) is 23.2 Å². The van der Waals surface area contributed by atoms with Gasteiger partial charge in [0, 0.05) is 45.8 Å². The van der Waals surface area contributed by atoms with Gasteiger partial charge in [-0.3, -0.25) is 0 Å². The zero-order valence-corrected chi connectivity index (χ0v) is 13.6. The molecule has 2 N–H and O–H groups in total. The van der Waals surface area contributed by atoms with Gasteiger partial charge >= 0.3 is 0 Å². The van der Waals surface area contributed by atoms with E-state index in [1.54, 1.807) is 35.3 Å². The van der Waals surface area contributed by atoms with E-state index in [9.17, 15) is 10.2 Å². The number of hydrogen-bond acceptors (Lipinski definition) is 5. The molecule has 2 atom stereocenters. The molecule has 0 aromatic carbocycles. The van der Waals surface area contributed by atoms with Gasteiger partial charge < -0.3 is 10.2 Å². The van der Waals surface area contributed by atoms with E-state index >= 15 is 0 Å². The van der Waals surface area contributed by atoms with Gasteiger partial charge in [0.2, 0.25) is 0 Å². The highest BCUT2D eigenvalue weighted by Gasteiger charge is 2.11. The third-order valence-corrected chi connectivity index (χ3v) is 6.43. The van der Waals surface area contributed by atoms with Crippen LogP contribution < -0.4 is 0 Å². The molecule has 0 bridgehead atoms. The van der Waals surface area contributed by atoms with Crippen LogP contribution in [0.25, 0.3) is 0 Å². The molecular weight excluding hydrogens is 319 g/mol. The van der Waals surface area contributed by atoms with Crippen molar-refractivity contribution >= 4 is 58.5 Å². The molecule has 0 aliphatic heterocycles. The van der Waals surface area contributed by atoms with E-state index in [0.717, 1.165) is 17.3 Å². The van der Waals surface area contributed by atoms with Crippen LogP contribution in [0.1, 0.15) is 0 Å². The number of aliphatic hydroxyl groups is 2. The summed E-state index contributed by atoms with van der Waals surface area (Å²) in [6, 6.07) is 0. The molecule has 2 nitrogen and oxygen atoms in total. The van der Waals surface area contributed by atoms with Gasteiger partial charge in [-0.2, -0.15) is 35.3 Å². The minimum Gasteiger partial charge on any atom is -0.395 e. The Hall–Kier alpha value is 1.55. The minimum atomic E-state index is -0.319. The van der Waals surface area contributed by atoms with Crippen LogP contribution in [0.4, 0.5) is 0 Å². The van der Waals surface area contributed by atoms with Crippen molar-refractivity contribution in [3.63, 3.8) is 0 Å². The summed E-state index contributed by atoms with van der Waals surface area (Å²) in [7, 11) is 0. The summed E-state index contributed by atoms with van der Waals surface area (Å²) in [5.41, 5.74) is 0. The van der Waals surface area contributed by atoms with Crippen LogP contribution in [0.5, 0.6) is 0 Å². The average molecular weight is 339 g/mol. The van der Waals surface area contributed by atoms with Crippen molar-refractivity contribution in [2.24, 2.45) is 0 Å². The van der Waals surface area contributed by atoms with Crippen molar-refractivity contribution in [3.8, 4) is 0 Å². The van der Waals surface area contributed by atoms with E-state index in [0.29, 0.717) is 23.3 Å². The molecule has 0 heterocycles. The summed E-state index contributed by atoms with van der Waals surface area (Å²) in [5, 5.41) is 19.1. The Kier molecular flexibility index (Phi) is 15.2. The second kappa shape index (κ2) is 14.0. The predicted molar refractivity (Wildman–Crippen MR) is 85.4 cm³/mol. The van der Waals surface area contributed by atoms with E-state index in [1.165, 1.54) is 0 Å². The Bertz CT molecular complexity index is 166. The Labute approximate surface area is 127 Å². The van der Waals surface area contributed by atoms with E-state index in [1.807, 2.05) is 0 Å². The molecular formula is C10H20Cl2O2S3. The summed E-state index contributed by atoms with van der Waals surface area (Å²) in [5.74, 6) is 5.32. The van der Waals surface area contributed by atoms with Crippen molar-refractivity contribution in [1.29, 1.82) is 0 Å². The normalized spacial score (nSPS) is 14.8. The SMILES string of the molecule is OCC(CSCCCl)SCC(O)CSCCCl. The summed E-state index contributed by atoms with van der Waals surface area (Å²) in [6.07, 6.45) is -0.319. The average Bonchev–Trinajstić information content (AvgIpc) is 2.34. The molecule has 0 aromatic rings. The predicted octanol–water partition coefficient (Wildman–Crippen LogP) is 2.39. The second-order valence-electron chi connectivity index (χ2n) is 3.32. The second-order valence-corrected chi connectivity index (χ2v) is 7.71. The van der Waals surface area contributed by atoms with E-state index < -0.39 is 0 Å². The minimum absolute atomic E-state index is 0.154. The van der Waals surface area contributed by atoms with Gasteiger partial charge in [0.05, 0.1) is 12.7 Å². The quantitative estimate of drug-likeness (QED) is 0.422. The first-order chi connectivity index (χ1) is 8.24. The first-order valence-corrected chi connectivity index (χ1v) is 9.85. The molecule has 104 valence electrons. The lowest BCUT2D eigenvalue weighted by Gasteiger charge is -2.16. The fraction of sp³-hybridized carbons (Fsp3) is 1.00. The van der Waals surface area contributed by atoms with Crippen LogP contribution >= 0.6 is 58.5 Å². The maximum atomic E-state index is 9.70. The van der Waals surface area contributed by atoms with Crippen LogP contribution in [0.3, 0.4) is 0 Å². The van der Waals surface area contributed by atoms with Crippen LogP contribution in [-0.2, 0) is 0 Å². The molecule has 2 unspecified atom stereocenters. The Balaban J connectivity index is 3.52.